The van der Waals surface area contributed by atoms with Crippen molar-refractivity contribution >= 4 is 38.7 Å². The van der Waals surface area contributed by atoms with Crippen LogP contribution < -0.4 is 5.73 Å². The summed E-state index contributed by atoms with van der Waals surface area (Å²) >= 11 is 7.50. The summed E-state index contributed by atoms with van der Waals surface area (Å²) in [6.45, 7) is 0. The number of nitrogens with zero attached hydrogens (tertiary/aromatic N) is 1. The largest absolute Gasteiger partial charge is 0.397 e. The number of halogens is 1. The van der Waals surface area contributed by atoms with E-state index in [-0.39, 0.29) is 0 Å². The van der Waals surface area contributed by atoms with Gasteiger partial charge >= 0.3 is 0 Å². The van der Waals surface area contributed by atoms with E-state index in [4.69, 9.17) is 22.6 Å². The smallest absolute Gasteiger partial charge is 0.0670 e. The van der Waals surface area contributed by atoms with Gasteiger partial charge < -0.3 is 5.73 Å². The number of hydrogen-bond donors (Lipinski definition) is 1. The molecule has 0 aliphatic carbocycles. The highest BCUT2D eigenvalue weighted by molar-refractivity contribution is 7.17. The van der Waals surface area contributed by atoms with Crippen molar-refractivity contribution < 1.29 is 0 Å². The Bertz CT molecular complexity index is 525. The number of fused-ring (bicyclic) bond motifs is 1. The lowest BCUT2D eigenvalue weighted by Crippen LogP contribution is -1.85. The molecule has 0 unspecified atom stereocenters. The molecular weight excluding hydrogens is 216 g/mol. The van der Waals surface area contributed by atoms with E-state index in [0.717, 1.165) is 15.6 Å². The Balaban J connectivity index is 2.69. The first kappa shape index (κ1) is 9.32. The molecular formula is C10H7ClN2S. The van der Waals surface area contributed by atoms with E-state index in [1.54, 1.807) is 11.3 Å². The molecule has 2 N–H and O–H groups in total. The lowest BCUT2D eigenvalue weighted by Gasteiger charge is -1.98. The van der Waals surface area contributed by atoms with Gasteiger partial charge in [-0.2, -0.15) is 5.26 Å². The fourth-order valence-corrected chi connectivity index (χ4v) is 2.49. The van der Waals surface area contributed by atoms with Crippen LogP contribution in [0, 0.1) is 11.3 Å². The van der Waals surface area contributed by atoms with E-state index in [1.165, 1.54) is 0 Å². The van der Waals surface area contributed by atoms with Crippen LogP contribution in [0.4, 0.5) is 5.69 Å². The molecule has 1 heterocycles. The molecule has 2 nitrogen and oxygen atoms in total. The monoisotopic (exact) mass is 222 g/mol. The summed E-state index contributed by atoms with van der Waals surface area (Å²) in [6.07, 6.45) is 0.417. The number of anilines is 1. The Hall–Kier alpha value is -1.24. The number of nitrogen functional groups attached to an aromatic ring is 1. The highest BCUT2D eigenvalue weighted by atomic mass is 35.5. The van der Waals surface area contributed by atoms with Gasteiger partial charge in [0.1, 0.15) is 0 Å². The maximum Gasteiger partial charge on any atom is 0.0670 e. The highest BCUT2D eigenvalue weighted by Gasteiger charge is 2.06. The zero-order valence-electron chi connectivity index (χ0n) is 7.25. The average molecular weight is 223 g/mol. The molecule has 14 heavy (non-hydrogen) atoms. The van der Waals surface area contributed by atoms with Gasteiger partial charge in [-0.25, -0.2) is 0 Å². The van der Waals surface area contributed by atoms with Gasteiger partial charge in [-0.15, -0.1) is 11.3 Å². The van der Waals surface area contributed by atoms with E-state index in [1.807, 2.05) is 17.5 Å². The molecule has 0 bridgehead atoms. The van der Waals surface area contributed by atoms with Crippen LogP contribution in [0.2, 0.25) is 5.02 Å². The van der Waals surface area contributed by atoms with Gasteiger partial charge in [-0.05, 0) is 28.5 Å². The first-order chi connectivity index (χ1) is 6.72. The predicted molar refractivity (Wildman–Crippen MR) is 60.6 cm³/mol. The van der Waals surface area contributed by atoms with Crippen LogP contribution in [0.25, 0.3) is 10.1 Å². The molecule has 1 aromatic heterocycles. The van der Waals surface area contributed by atoms with Gasteiger partial charge in [-0.3, -0.25) is 0 Å². The molecule has 2 rings (SSSR count). The third-order valence-electron chi connectivity index (χ3n) is 2.04. The van der Waals surface area contributed by atoms with E-state index in [9.17, 15) is 0 Å². The topological polar surface area (TPSA) is 49.8 Å². The van der Waals surface area contributed by atoms with Crippen LogP contribution in [0.3, 0.4) is 0 Å². The minimum atomic E-state index is 0.417. The summed E-state index contributed by atoms with van der Waals surface area (Å²) < 4.78 is 1.08. The molecule has 0 radical (unpaired) electrons. The quantitative estimate of drug-likeness (QED) is 0.754. The SMILES string of the molecule is N#CCc1csc2cc(N)c(Cl)cc12. The third-order valence-corrected chi connectivity index (χ3v) is 3.36. The fraction of sp³-hybridized carbons (Fsp3) is 0.100. The van der Waals surface area contributed by atoms with E-state index < -0.39 is 0 Å². The summed E-state index contributed by atoms with van der Waals surface area (Å²) in [5.74, 6) is 0. The Morgan fingerprint density at radius 1 is 1.50 bits per heavy atom. The summed E-state index contributed by atoms with van der Waals surface area (Å²) in [5.41, 5.74) is 7.29. The molecule has 0 amide bonds. The van der Waals surface area contributed by atoms with Crippen molar-refractivity contribution in [1.82, 2.24) is 0 Å². The molecule has 0 atom stereocenters. The second-order valence-corrected chi connectivity index (χ2v) is 4.28. The zero-order chi connectivity index (χ0) is 10.1. The number of nitriles is 1. The third kappa shape index (κ3) is 1.43. The lowest BCUT2D eigenvalue weighted by atomic mass is 10.1. The molecule has 0 spiro atoms. The maximum atomic E-state index is 8.62. The van der Waals surface area contributed by atoms with Crippen LogP contribution in [0.1, 0.15) is 5.56 Å². The first-order valence-corrected chi connectivity index (χ1v) is 5.30. The molecule has 1 aromatic carbocycles. The molecule has 0 saturated carbocycles. The van der Waals surface area contributed by atoms with Gasteiger partial charge in [0, 0.05) is 4.70 Å². The molecule has 0 aliphatic heterocycles. The Kier molecular flexibility index (Phi) is 2.32. The number of hydrogen-bond acceptors (Lipinski definition) is 3. The second kappa shape index (κ2) is 3.49. The zero-order valence-corrected chi connectivity index (χ0v) is 8.82. The highest BCUT2D eigenvalue weighted by Crippen LogP contribution is 2.32. The van der Waals surface area contributed by atoms with E-state index in [0.29, 0.717) is 17.1 Å². The number of thiophene rings is 1. The van der Waals surface area contributed by atoms with Crippen LogP contribution in [0.5, 0.6) is 0 Å². The van der Waals surface area contributed by atoms with Crippen molar-refractivity contribution in [2.75, 3.05) is 5.73 Å². The van der Waals surface area contributed by atoms with Gasteiger partial charge in [-0.1, -0.05) is 11.6 Å². The minimum Gasteiger partial charge on any atom is -0.397 e. The Morgan fingerprint density at radius 2 is 2.29 bits per heavy atom. The van der Waals surface area contributed by atoms with Gasteiger partial charge in [0.2, 0.25) is 0 Å². The van der Waals surface area contributed by atoms with Crippen molar-refractivity contribution in [3.63, 3.8) is 0 Å². The summed E-state index contributed by atoms with van der Waals surface area (Å²) in [6, 6.07) is 5.81. The van der Waals surface area contributed by atoms with Crippen molar-refractivity contribution in [3.8, 4) is 6.07 Å². The maximum absolute atomic E-state index is 8.62. The molecule has 2 aromatic rings. The predicted octanol–water partition coefficient (Wildman–Crippen LogP) is 3.20. The van der Waals surface area contributed by atoms with Crippen LogP contribution in [-0.4, -0.2) is 0 Å². The summed E-state index contributed by atoms with van der Waals surface area (Å²) in [5, 5.41) is 12.2. The number of rotatable bonds is 1. The van der Waals surface area contributed by atoms with Gasteiger partial charge in [0.05, 0.1) is 23.2 Å². The Morgan fingerprint density at radius 3 is 3.00 bits per heavy atom. The molecule has 0 fully saturated rings. The summed E-state index contributed by atoms with van der Waals surface area (Å²) in [7, 11) is 0. The van der Waals surface area contributed by atoms with Crippen molar-refractivity contribution in [2.45, 2.75) is 6.42 Å². The van der Waals surface area contributed by atoms with E-state index in [2.05, 4.69) is 6.07 Å². The standard InChI is InChI=1S/C10H7ClN2S/c11-8-3-7-6(1-2-12)5-14-10(7)4-9(8)13/h3-5H,1,13H2. The number of benzene rings is 1. The van der Waals surface area contributed by atoms with Crippen LogP contribution in [0.15, 0.2) is 17.5 Å². The molecule has 0 aliphatic rings. The van der Waals surface area contributed by atoms with Crippen molar-refractivity contribution in [1.29, 1.82) is 5.26 Å². The molecule has 0 saturated heterocycles. The van der Waals surface area contributed by atoms with Crippen LogP contribution >= 0.6 is 22.9 Å². The van der Waals surface area contributed by atoms with Crippen molar-refractivity contribution in [2.24, 2.45) is 0 Å². The Labute approximate surface area is 90.5 Å². The minimum absolute atomic E-state index is 0.417. The molecule has 70 valence electrons. The number of nitrogens with two attached hydrogens (primary N) is 1. The lowest BCUT2D eigenvalue weighted by molar-refractivity contribution is 1.30. The van der Waals surface area contributed by atoms with Gasteiger partial charge in [0.15, 0.2) is 0 Å². The molecule has 4 heteroatoms. The van der Waals surface area contributed by atoms with Crippen LogP contribution in [-0.2, 0) is 6.42 Å². The first-order valence-electron chi connectivity index (χ1n) is 4.04. The normalized spacial score (nSPS) is 10.3. The average Bonchev–Trinajstić information content (AvgIpc) is 2.51. The van der Waals surface area contributed by atoms with E-state index >= 15 is 0 Å². The summed E-state index contributed by atoms with van der Waals surface area (Å²) in [4.78, 5) is 0. The second-order valence-electron chi connectivity index (χ2n) is 2.97. The van der Waals surface area contributed by atoms with Crippen molar-refractivity contribution in [3.05, 3.63) is 28.1 Å². The fourth-order valence-electron chi connectivity index (χ4n) is 1.34. The van der Waals surface area contributed by atoms with Gasteiger partial charge in [0.25, 0.3) is 0 Å².